The van der Waals surface area contributed by atoms with Gasteiger partial charge in [-0.15, -0.1) is 0 Å². The van der Waals surface area contributed by atoms with Crippen LogP contribution >= 0.6 is 11.3 Å². The average Bonchev–Trinajstić information content (AvgIpc) is 2.93. The van der Waals surface area contributed by atoms with Gasteiger partial charge in [-0.05, 0) is 57.4 Å². The molecule has 2 aromatic heterocycles. The van der Waals surface area contributed by atoms with Gasteiger partial charge in [-0.1, -0.05) is 0 Å². The summed E-state index contributed by atoms with van der Waals surface area (Å²) in [4.78, 5) is 11.8. The highest BCUT2D eigenvalue weighted by atomic mass is 32.1. The Hall–Kier alpha value is -1.26. The zero-order valence-electron chi connectivity index (χ0n) is 11.5. The molecule has 1 aliphatic rings. The van der Waals surface area contributed by atoms with Crippen LogP contribution in [0.3, 0.4) is 0 Å². The van der Waals surface area contributed by atoms with Crippen LogP contribution in [0.25, 0.3) is 11.3 Å². The van der Waals surface area contributed by atoms with Crippen molar-refractivity contribution < 1.29 is 0 Å². The van der Waals surface area contributed by atoms with E-state index in [1.165, 1.54) is 18.4 Å². The Balaban J connectivity index is 1.90. The van der Waals surface area contributed by atoms with Crippen molar-refractivity contribution in [1.29, 1.82) is 0 Å². The summed E-state index contributed by atoms with van der Waals surface area (Å²) < 4.78 is 0. The molecule has 2 aromatic rings. The normalized spacial score (nSPS) is 17.8. The molecule has 0 saturated carbocycles. The lowest BCUT2D eigenvalue weighted by Gasteiger charge is -2.28. The van der Waals surface area contributed by atoms with Gasteiger partial charge in [-0.3, -0.25) is 0 Å². The van der Waals surface area contributed by atoms with E-state index in [0.717, 1.165) is 30.3 Å². The van der Waals surface area contributed by atoms with Gasteiger partial charge in [-0.2, -0.15) is 11.3 Å². The van der Waals surface area contributed by atoms with Gasteiger partial charge < -0.3 is 4.90 Å². The lowest BCUT2D eigenvalue weighted by atomic mass is 9.96. The van der Waals surface area contributed by atoms with Crippen molar-refractivity contribution in [3.63, 3.8) is 0 Å². The molecule has 0 bridgehead atoms. The maximum Gasteiger partial charge on any atom is 0.132 e. The first-order valence-electron chi connectivity index (χ1n) is 6.79. The van der Waals surface area contributed by atoms with E-state index in [1.807, 2.05) is 0 Å². The van der Waals surface area contributed by atoms with Crippen molar-refractivity contribution in [2.24, 2.45) is 0 Å². The molecule has 1 saturated heterocycles. The van der Waals surface area contributed by atoms with Crippen LogP contribution in [0.2, 0.25) is 0 Å². The fraction of sp³-hybridized carbons (Fsp3) is 0.467. The van der Waals surface area contributed by atoms with Crippen LogP contribution in [0.15, 0.2) is 22.9 Å². The largest absolute Gasteiger partial charge is 0.306 e. The Kier molecular flexibility index (Phi) is 3.62. The summed E-state index contributed by atoms with van der Waals surface area (Å²) >= 11 is 1.71. The van der Waals surface area contributed by atoms with Crippen LogP contribution in [0, 0.1) is 6.92 Å². The second kappa shape index (κ2) is 5.39. The third-order valence-electron chi connectivity index (χ3n) is 3.77. The second-order valence-electron chi connectivity index (χ2n) is 5.34. The molecule has 1 fully saturated rings. The van der Waals surface area contributed by atoms with E-state index in [0.29, 0.717) is 5.92 Å². The summed E-state index contributed by atoms with van der Waals surface area (Å²) in [6, 6.07) is 4.21. The summed E-state index contributed by atoms with van der Waals surface area (Å²) in [7, 11) is 2.18. The topological polar surface area (TPSA) is 29.0 Å². The third-order valence-corrected chi connectivity index (χ3v) is 4.46. The fourth-order valence-electron chi connectivity index (χ4n) is 2.60. The van der Waals surface area contributed by atoms with Gasteiger partial charge in [0.25, 0.3) is 0 Å². The smallest absolute Gasteiger partial charge is 0.132 e. The van der Waals surface area contributed by atoms with E-state index in [4.69, 9.17) is 4.98 Å². The SMILES string of the molecule is Cc1cc(-c2ccsc2)nc(C2CCN(C)CC2)n1. The number of rotatable bonds is 2. The lowest BCUT2D eigenvalue weighted by molar-refractivity contribution is 0.251. The minimum atomic E-state index is 0.522. The molecule has 1 aliphatic heterocycles. The number of nitrogens with zero attached hydrogens (tertiary/aromatic N) is 3. The van der Waals surface area contributed by atoms with Crippen molar-refractivity contribution in [3.8, 4) is 11.3 Å². The number of aryl methyl sites for hydroxylation is 1. The van der Waals surface area contributed by atoms with Gasteiger partial charge in [0.1, 0.15) is 5.82 Å². The second-order valence-corrected chi connectivity index (χ2v) is 6.12. The Morgan fingerprint density at radius 1 is 1.26 bits per heavy atom. The van der Waals surface area contributed by atoms with E-state index in [1.54, 1.807) is 11.3 Å². The number of hydrogen-bond acceptors (Lipinski definition) is 4. The highest BCUT2D eigenvalue weighted by Crippen LogP contribution is 2.28. The Morgan fingerprint density at radius 3 is 2.74 bits per heavy atom. The minimum Gasteiger partial charge on any atom is -0.306 e. The van der Waals surface area contributed by atoms with E-state index in [2.05, 4.69) is 46.7 Å². The van der Waals surface area contributed by atoms with E-state index < -0.39 is 0 Å². The molecule has 0 N–H and O–H groups in total. The minimum absolute atomic E-state index is 0.522. The molecular formula is C15H19N3S. The number of piperidine rings is 1. The van der Waals surface area contributed by atoms with Crippen LogP contribution in [0.1, 0.15) is 30.3 Å². The van der Waals surface area contributed by atoms with Crippen molar-refractivity contribution in [2.45, 2.75) is 25.7 Å². The van der Waals surface area contributed by atoms with Crippen LogP contribution in [-0.2, 0) is 0 Å². The lowest BCUT2D eigenvalue weighted by Crippen LogP contribution is -2.30. The quantitative estimate of drug-likeness (QED) is 0.840. The maximum absolute atomic E-state index is 4.80. The monoisotopic (exact) mass is 273 g/mol. The number of hydrogen-bond donors (Lipinski definition) is 0. The molecule has 100 valence electrons. The standard InChI is InChI=1S/C15H19N3S/c1-11-9-14(13-5-8-19-10-13)17-15(16-11)12-3-6-18(2)7-4-12/h5,8-10,12H,3-4,6-7H2,1-2H3. The molecule has 0 unspecified atom stereocenters. The Bertz CT molecular complexity index is 543. The van der Waals surface area contributed by atoms with Crippen LogP contribution in [-0.4, -0.2) is 35.0 Å². The molecule has 4 heteroatoms. The molecule has 0 atom stereocenters. The maximum atomic E-state index is 4.80. The van der Waals surface area contributed by atoms with Gasteiger partial charge >= 0.3 is 0 Å². The zero-order valence-corrected chi connectivity index (χ0v) is 12.3. The Labute approximate surface area is 118 Å². The van der Waals surface area contributed by atoms with Gasteiger partial charge in [0.05, 0.1) is 5.69 Å². The highest BCUT2D eigenvalue weighted by molar-refractivity contribution is 7.08. The fourth-order valence-corrected chi connectivity index (χ4v) is 3.25. The summed E-state index contributed by atoms with van der Waals surface area (Å²) in [6.45, 7) is 4.36. The first-order valence-corrected chi connectivity index (χ1v) is 7.73. The van der Waals surface area contributed by atoms with Crippen LogP contribution < -0.4 is 0 Å². The number of thiophene rings is 1. The zero-order chi connectivity index (χ0) is 13.2. The van der Waals surface area contributed by atoms with Crippen LogP contribution in [0.4, 0.5) is 0 Å². The average molecular weight is 273 g/mol. The van der Waals surface area contributed by atoms with Gasteiger partial charge in [0.15, 0.2) is 0 Å². The van der Waals surface area contributed by atoms with Gasteiger partial charge in [0.2, 0.25) is 0 Å². The Morgan fingerprint density at radius 2 is 2.05 bits per heavy atom. The summed E-state index contributed by atoms with van der Waals surface area (Å²) in [6.07, 6.45) is 2.34. The number of aromatic nitrogens is 2. The van der Waals surface area contributed by atoms with Gasteiger partial charge in [-0.25, -0.2) is 9.97 Å². The molecule has 3 rings (SSSR count). The van der Waals surface area contributed by atoms with E-state index in [-0.39, 0.29) is 0 Å². The predicted octanol–water partition coefficient (Wildman–Crippen LogP) is 3.32. The molecule has 3 nitrogen and oxygen atoms in total. The highest BCUT2D eigenvalue weighted by Gasteiger charge is 2.21. The molecule has 0 spiro atoms. The molecule has 0 aromatic carbocycles. The van der Waals surface area contributed by atoms with Crippen molar-refractivity contribution in [2.75, 3.05) is 20.1 Å². The van der Waals surface area contributed by atoms with E-state index >= 15 is 0 Å². The molecule has 0 amide bonds. The molecule has 0 aliphatic carbocycles. The third kappa shape index (κ3) is 2.85. The molecule has 0 radical (unpaired) electrons. The van der Waals surface area contributed by atoms with Gasteiger partial charge in [0, 0.05) is 22.6 Å². The molecule has 19 heavy (non-hydrogen) atoms. The number of likely N-dealkylation sites (tertiary alicyclic amines) is 1. The van der Waals surface area contributed by atoms with Crippen molar-refractivity contribution >= 4 is 11.3 Å². The molecular weight excluding hydrogens is 254 g/mol. The predicted molar refractivity (Wildman–Crippen MR) is 79.6 cm³/mol. The summed E-state index contributed by atoms with van der Waals surface area (Å²) in [5, 5.41) is 4.25. The van der Waals surface area contributed by atoms with Crippen LogP contribution in [0.5, 0.6) is 0 Å². The van der Waals surface area contributed by atoms with Crippen molar-refractivity contribution in [1.82, 2.24) is 14.9 Å². The first kappa shape index (κ1) is 12.8. The molecule has 3 heterocycles. The first-order chi connectivity index (χ1) is 9.22. The summed E-state index contributed by atoms with van der Waals surface area (Å²) in [5.41, 5.74) is 3.36. The van der Waals surface area contributed by atoms with Crippen molar-refractivity contribution in [3.05, 3.63) is 34.4 Å². The summed E-state index contributed by atoms with van der Waals surface area (Å²) in [5.74, 6) is 1.56. The van der Waals surface area contributed by atoms with E-state index in [9.17, 15) is 0 Å².